The molecule has 2 saturated heterocycles. The lowest BCUT2D eigenvalue weighted by molar-refractivity contribution is 0.150. The van der Waals surface area contributed by atoms with E-state index in [1.165, 1.54) is 5.69 Å². The third kappa shape index (κ3) is 2.17. The van der Waals surface area contributed by atoms with Crippen LogP contribution in [-0.2, 0) is 0 Å². The fourth-order valence-electron chi connectivity index (χ4n) is 3.44. The second kappa shape index (κ2) is 4.58. The molecule has 0 radical (unpaired) electrons. The smallest absolute Gasteiger partial charge is 0.407 e. The summed E-state index contributed by atoms with van der Waals surface area (Å²) in [6.45, 7) is 5.31. The van der Waals surface area contributed by atoms with Crippen molar-refractivity contribution in [1.82, 2.24) is 4.90 Å². The van der Waals surface area contributed by atoms with Gasteiger partial charge in [-0.05, 0) is 43.5 Å². The Kier molecular flexibility index (Phi) is 3.00. The zero-order valence-corrected chi connectivity index (χ0v) is 11.8. The van der Waals surface area contributed by atoms with Crippen molar-refractivity contribution in [3.8, 4) is 0 Å². The average Bonchev–Trinajstić information content (AvgIpc) is 3.01. The molecule has 1 unspecified atom stereocenters. The Labute approximate surface area is 119 Å². The van der Waals surface area contributed by atoms with E-state index in [0.717, 1.165) is 37.2 Å². The van der Waals surface area contributed by atoms with E-state index in [1.54, 1.807) is 4.90 Å². The first-order valence-corrected chi connectivity index (χ1v) is 7.08. The quantitative estimate of drug-likeness (QED) is 0.771. The molecule has 3 N–H and O–H groups in total. The maximum Gasteiger partial charge on any atom is 0.407 e. The van der Waals surface area contributed by atoms with Crippen molar-refractivity contribution in [2.75, 3.05) is 36.8 Å². The molecule has 2 heterocycles. The molecule has 20 heavy (non-hydrogen) atoms. The van der Waals surface area contributed by atoms with Crippen LogP contribution in [0.4, 0.5) is 16.2 Å². The Hall–Kier alpha value is -1.91. The van der Waals surface area contributed by atoms with E-state index in [2.05, 4.69) is 17.0 Å². The van der Waals surface area contributed by atoms with E-state index >= 15 is 0 Å². The molecule has 0 aliphatic carbocycles. The van der Waals surface area contributed by atoms with Gasteiger partial charge in [-0.15, -0.1) is 0 Å². The molecule has 5 heteroatoms. The number of hydrogen-bond acceptors (Lipinski definition) is 3. The van der Waals surface area contributed by atoms with Gasteiger partial charge in [-0.2, -0.15) is 0 Å². The normalized spacial score (nSPS) is 25.6. The Morgan fingerprint density at radius 3 is 2.70 bits per heavy atom. The lowest BCUT2D eigenvalue weighted by atomic mass is 9.86. The van der Waals surface area contributed by atoms with Crippen LogP contribution in [0.15, 0.2) is 18.2 Å². The van der Waals surface area contributed by atoms with Gasteiger partial charge in [0.25, 0.3) is 0 Å². The summed E-state index contributed by atoms with van der Waals surface area (Å²) in [4.78, 5) is 15.0. The van der Waals surface area contributed by atoms with Gasteiger partial charge in [0.15, 0.2) is 0 Å². The molecule has 1 aromatic carbocycles. The third-order valence-electron chi connectivity index (χ3n) is 4.77. The number of nitrogens with two attached hydrogens (primary N) is 1. The van der Waals surface area contributed by atoms with Crippen LogP contribution >= 0.6 is 0 Å². The molecule has 0 aromatic heterocycles. The highest BCUT2D eigenvalue weighted by molar-refractivity contribution is 5.65. The maximum atomic E-state index is 11.1. The van der Waals surface area contributed by atoms with Crippen molar-refractivity contribution in [2.24, 2.45) is 5.41 Å². The Bertz CT molecular complexity index is 546. The Balaban J connectivity index is 1.74. The molecule has 1 spiro atoms. The van der Waals surface area contributed by atoms with Crippen molar-refractivity contribution in [3.63, 3.8) is 0 Å². The number of benzene rings is 1. The summed E-state index contributed by atoms with van der Waals surface area (Å²) in [5.41, 5.74) is 9.13. The highest BCUT2D eigenvalue weighted by Crippen LogP contribution is 2.41. The predicted octanol–water partition coefficient (Wildman–Crippen LogP) is 2.16. The summed E-state index contributed by atoms with van der Waals surface area (Å²) in [5, 5.41) is 9.11. The molecule has 3 rings (SSSR count). The van der Waals surface area contributed by atoms with E-state index in [0.29, 0.717) is 13.1 Å². The molecule has 2 fully saturated rings. The predicted molar refractivity (Wildman–Crippen MR) is 79.1 cm³/mol. The first kappa shape index (κ1) is 13.1. The molecular formula is C15H21N3O2. The fourth-order valence-corrected chi connectivity index (χ4v) is 3.44. The van der Waals surface area contributed by atoms with Crippen LogP contribution in [0.3, 0.4) is 0 Å². The Morgan fingerprint density at radius 2 is 2.05 bits per heavy atom. The zero-order chi connectivity index (χ0) is 14.3. The number of anilines is 2. The second-order valence-corrected chi connectivity index (χ2v) is 6.17. The standard InChI is InChI=1S/C15H21N3O2/c1-11-8-12(2-3-13(11)16)17-6-4-15(9-17)5-7-18(10-15)14(19)20/h2-3,8H,4-7,9-10,16H2,1H3,(H,19,20). The minimum atomic E-state index is -0.788. The second-order valence-electron chi connectivity index (χ2n) is 6.17. The lowest BCUT2D eigenvalue weighted by Gasteiger charge is -2.25. The molecule has 0 bridgehead atoms. The molecule has 1 aromatic rings. The van der Waals surface area contributed by atoms with Crippen LogP contribution in [0.25, 0.3) is 0 Å². The van der Waals surface area contributed by atoms with E-state index in [4.69, 9.17) is 10.8 Å². The van der Waals surface area contributed by atoms with E-state index in [-0.39, 0.29) is 5.41 Å². The number of aryl methyl sites for hydroxylation is 1. The molecule has 108 valence electrons. The molecule has 1 amide bonds. The van der Waals surface area contributed by atoms with Crippen LogP contribution < -0.4 is 10.6 Å². The highest BCUT2D eigenvalue weighted by atomic mass is 16.4. The van der Waals surface area contributed by atoms with Crippen molar-refractivity contribution >= 4 is 17.5 Å². The van der Waals surface area contributed by atoms with Crippen molar-refractivity contribution in [1.29, 1.82) is 0 Å². The molecule has 2 aliphatic rings. The number of nitrogen functional groups attached to an aromatic ring is 1. The number of hydrogen-bond donors (Lipinski definition) is 2. The van der Waals surface area contributed by atoms with Crippen LogP contribution in [-0.4, -0.2) is 42.3 Å². The fraction of sp³-hybridized carbons (Fsp3) is 0.533. The minimum absolute atomic E-state index is 0.147. The van der Waals surface area contributed by atoms with Gasteiger partial charge >= 0.3 is 6.09 Å². The van der Waals surface area contributed by atoms with Gasteiger partial charge < -0.3 is 20.6 Å². The third-order valence-corrected chi connectivity index (χ3v) is 4.77. The Morgan fingerprint density at radius 1 is 1.30 bits per heavy atom. The number of nitrogens with zero attached hydrogens (tertiary/aromatic N) is 2. The summed E-state index contributed by atoms with van der Waals surface area (Å²) in [5.74, 6) is 0. The summed E-state index contributed by atoms with van der Waals surface area (Å²) in [6, 6.07) is 6.14. The summed E-state index contributed by atoms with van der Waals surface area (Å²) < 4.78 is 0. The van der Waals surface area contributed by atoms with Gasteiger partial charge in [-0.25, -0.2) is 4.79 Å². The van der Waals surface area contributed by atoms with Crippen LogP contribution in [0, 0.1) is 12.3 Å². The van der Waals surface area contributed by atoms with Gasteiger partial charge in [0.2, 0.25) is 0 Å². The van der Waals surface area contributed by atoms with E-state index in [1.807, 2.05) is 13.0 Å². The minimum Gasteiger partial charge on any atom is -0.465 e. The zero-order valence-electron chi connectivity index (χ0n) is 11.8. The largest absolute Gasteiger partial charge is 0.465 e. The van der Waals surface area contributed by atoms with E-state index < -0.39 is 6.09 Å². The number of rotatable bonds is 1. The monoisotopic (exact) mass is 275 g/mol. The SMILES string of the molecule is Cc1cc(N2CCC3(CCN(C(=O)O)C3)C2)ccc1N. The van der Waals surface area contributed by atoms with Gasteiger partial charge in [-0.3, -0.25) is 0 Å². The van der Waals surface area contributed by atoms with Gasteiger partial charge in [0, 0.05) is 43.0 Å². The van der Waals surface area contributed by atoms with Crippen molar-refractivity contribution in [2.45, 2.75) is 19.8 Å². The maximum absolute atomic E-state index is 11.1. The van der Waals surface area contributed by atoms with Gasteiger partial charge in [0.05, 0.1) is 0 Å². The summed E-state index contributed by atoms with van der Waals surface area (Å²) in [7, 11) is 0. The number of carbonyl (C=O) groups is 1. The molecule has 0 saturated carbocycles. The van der Waals surface area contributed by atoms with E-state index in [9.17, 15) is 4.79 Å². The number of carboxylic acid groups (broad SMARTS) is 1. The van der Waals surface area contributed by atoms with Crippen LogP contribution in [0.2, 0.25) is 0 Å². The summed E-state index contributed by atoms with van der Waals surface area (Å²) >= 11 is 0. The first-order valence-electron chi connectivity index (χ1n) is 7.08. The number of amides is 1. The van der Waals surface area contributed by atoms with Crippen molar-refractivity contribution in [3.05, 3.63) is 23.8 Å². The number of likely N-dealkylation sites (tertiary alicyclic amines) is 1. The van der Waals surface area contributed by atoms with Crippen molar-refractivity contribution < 1.29 is 9.90 Å². The lowest BCUT2D eigenvalue weighted by Crippen LogP contribution is -2.33. The van der Waals surface area contributed by atoms with Crippen LogP contribution in [0.5, 0.6) is 0 Å². The first-order chi connectivity index (χ1) is 9.49. The van der Waals surface area contributed by atoms with Gasteiger partial charge in [-0.1, -0.05) is 0 Å². The summed E-state index contributed by atoms with van der Waals surface area (Å²) in [6.07, 6.45) is 1.26. The molecule has 5 nitrogen and oxygen atoms in total. The molecule has 2 aliphatic heterocycles. The molecule has 1 atom stereocenters. The van der Waals surface area contributed by atoms with Crippen LogP contribution in [0.1, 0.15) is 18.4 Å². The highest BCUT2D eigenvalue weighted by Gasteiger charge is 2.44. The van der Waals surface area contributed by atoms with Gasteiger partial charge in [0.1, 0.15) is 0 Å². The molecular weight excluding hydrogens is 254 g/mol. The topological polar surface area (TPSA) is 69.8 Å². The average molecular weight is 275 g/mol.